The quantitative estimate of drug-likeness (QED) is 0.548. The van der Waals surface area contributed by atoms with Crippen LogP contribution in [0.1, 0.15) is 51.9 Å². The molecule has 1 aliphatic rings. The summed E-state index contributed by atoms with van der Waals surface area (Å²) < 4.78 is 9.59. The van der Waals surface area contributed by atoms with Crippen LogP contribution in [0.2, 0.25) is 0 Å². The molecular formula is C12H23ClO3. The molecule has 0 saturated heterocycles. The monoisotopic (exact) mass is 250 g/mol. The predicted molar refractivity (Wildman–Crippen MR) is 66.0 cm³/mol. The van der Waals surface area contributed by atoms with Gasteiger partial charge in [-0.2, -0.15) is 0 Å². The molecule has 16 heavy (non-hydrogen) atoms. The third-order valence-electron chi connectivity index (χ3n) is 2.96. The molecule has 4 heteroatoms. The standard InChI is InChI=1S/C12H22O3.ClH/c1-2-14-12(13)15-10-6-9-11-7-4-3-5-8-11;/h11H,2-10H2,1H3;1H. The molecule has 0 aromatic rings. The van der Waals surface area contributed by atoms with Gasteiger partial charge in [0.15, 0.2) is 0 Å². The van der Waals surface area contributed by atoms with Gasteiger partial charge in [-0.3, -0.25) is 0 Å². The Balaban J connectivity index is 0.00000225. The van der Waals surface area contributed by atoms with E-state index in [0.29, 0.717) is 13.2 Å². The van der Waals surface area contributed by atoms with Crippen LogP contribution in [-0.4, -0.2) is 19.4 Å². The molecule has 1 fully saturated rings. The molecule has 0 radical (unpaired) electrons. The Morgan fingerprint density at radius 3 is 2.50 bits per heavy atom. The van der Waals surface area contributed by atoms with Crippen LogP contribution in [0.15, 0.2) is 0 Å². The summed E-state index contributed by atoms with van der Waals surface area (Å²) in [6.45, 7) is 2.68. The Morgan fingerprint density at radius 1 is 1.19 bits per heavy atom. The zero-order valence-electron chi connectivity index (χ0n) is 10.1. The summed E-state index contributed by atoms with van der Waals surface area (Å²) in [5.41, 5.74) is 0. The zero-order valence-corrected chi connectivity index (χ0v) is 10.9. The second-order valence-electron chi connectivity index (χ2n) is 4.18. The van der Waals surface area contributed by atoms with Gasteiger partial charge in [-0.1, -0.05) is 32.1 Å². The number of halogens is 1. The van der Waals surface area contributed by atoms with Gasteiger partial charge in [0.25, 0.3) is 0 Å². The Kier molecular flexibility index (Phi) is 9.49. The van der Waals surface area contributed by atoms with Crippen molar-refractivity contribution >= 4 is 18.6 Å². The van der Waals surface area contributed by atoms with Crippen LogP contribution in [-0.2, 0) is 9.47 Å². The average Bonchev–Trinajstić information content (AvgIpc) is 2.26. The van der Waals surface area contributed by atoms with E-state index in [1.165, 1.54) is 38.5 Å². The van der Waals surface area contributed by atoms with E-state index in [1.807, 2.05) is 0 Å². The van der Waals surface area contributed by atoms with Gasteiger partial charge in [-0.05, 0) is 25.7 Å². The summed E-state index contributed by atoms with van der Waals surface area (Å²) in [4.78, 5) is 10.8. The summed E-state index contributed by atoms with van der Waals surface area (Å²) >= 11 is 0. The van der Waals surface area contributed by atoms with E-state index in [4.69, 9.17) is 4.74 Å². The van der Waals surface area contributed by atoms with Crippen LogP contribution in [0, 0.1) is 5.92 Å². The normalized spacial score (nSPS) is 16.3. The number of carbonyl (C=O) groups is 1. The van der Waals surface area contributed by atoms with Crippen molar-refractivity contribution in [1.82, 2.24) is 0 Å². The largest absolute Gasteiger partial charge is 0.508 e. The third-order valence-corrected chi connectivity index (χ3v) is 2.96. The van der Waals surface area contributed by atoms with E-state index >= 15 is 0 Å². The molecule has 1 saturated carbocycles. The summed E-state index contributed by atoms with van der Waals surface area (Å²) in [5, 5.41) is 0. The van der Waals surface area contributed by atoms with E-state index in [1.54, 1.807) is 6.92 Å². The maximum atomic E-state index is 10.8. The van der Waals surface area contributed by atoms with Crippen molar-refractivity contribution in [2.24, 2.45) is 5.92 Å². The van der Waals surface area contributed by atoms with Gasteiger partial charge in [0, 0.05) is 0 Å². The molecule has 0 spiro atoms. The molecule has 0 aromatic heterocycles. The first-order valence-corrected chi connectivity index (χ1v) is 6.12. The second kappa shape index (κ2) is 9.76. The molecule has 0 bridgehead atoms. The van der Waals surface area contributed by atoms with Crippen molar-refractivity contribution in [3.8, 4) is 0 Å². The summed E-state index contributed by atoms with van der Waals surface area (Å²) in [6, 6.07) is 0. The summed E-state index contributed by atoms with van der Waals surface area (Å²) in [7, 11) is 0. The van der Waals surface area contributed by atoms with Gasteiger partial charge in [0.1, 0.15) is 0 Å². The molecule has 96 valence electrons. The highest BCUT2D eigenvalue weighted by molar-refractivity contribution is 5.85. The molecule has 0 aliphatic heterocycles. The predicted octanol–water partition coefficient (Wildman–Crippen LogP) is 3.94. The van der Waals surface area contributed by atoms with Crippen molar-refractivity contribution in [3.63, 3.8) is 0 Å². The number of hydrogen-bond donors (Lipinski definition) is 0. The molecule has 0 unspecified atom stereocenters. The minimum atomic E-state index is -0.527. The van der Waals surface area contributed by atoms with Crippen molar-refractivity contribution in [2.75, 3.05) is 13.2 Å². The highest BCUT2D eigenvalue weighted by Gasteiger charge is 2.13. The van der Waals surface area contributed by atoms with Crippen molar-refractivity contribution in [3.05, 3.63) is 0 Å². The van der Waals surface area contributed by atoms with Crippen molar-refractivity contribution in [1.29, 1.82) is 0 Å². The summed E-state index contributed by atoms with van der Waals surface area (Å²) in [6.07, 6.45) is 8.52. The molecule has 0 amide bonds. The third kappa shape index (κ3) is 6.94. The van der Waals surface area contributed by atoms with Crippen LogP contribution in [0.25, 0.3) is 0 Å². The fourth-order valence-electron chi connectivity index (χ4n) is 2.16. The van der Waals surface area contributed by atoms with Crippen LogP contribution in [0.3, 0.4) is 0 Å². The maximum Gasteiger partial charge on any atom is 0.508 e. The maximum absolute atomic E-state index is 10.8. The van der Waals surface area contributed by atoms with Crippen molar-refractivity contribution < 1.29 is 14.3 Å². The lowest BCUT2D eigenvalue weighted by Gasteiger charge is -2.21. The van der Waals surface area contributed by atoms with Crippen LogP contribution in [0.5, 0.6) is 0 Å². The fourth-order valence-corrected chi connectivity index (χ4v) is 2.16. The molecule has 0 atom stereocenters. The number of carbonyl (C=O) groups excluding carboxylic acids is 1. The lowest BCUT2D eigenvalue weighted by Crippen LogP contribution is -2.10. The van der Waals surface area contributed by atoms with Gasteiger partial charge in [-0.15, -0.1) is 12.4 Å². The first kappa shape index (κ1) is 15.6. The number of hydrogen-bond acceptors (Lipinski definition) is 3. The van der Waals surface area contributed by atoms with E-state index in [0.717, 1.165) is 12.3 Å². The van der Waals surface area contributed by atoms with Gasteiger partial charge in [0.2, 0.25) is 0 Å². The Hall–Kier alpha value is -0.440. The van der Waals surface area contributed by atoms with E-state index in [9.17, 15) is 4.79 Å². The van der Waals surface area contributed by atoms with Crippen LogP contribution in [0.4, 0.5) is 4.79 Å². The van der Waals surface area contributed by atoms with E-state index in [-0.39, 0.29) is 12.4 Å². The zero-order chi connectivity index (χ0) is 10.9. The summed E-state index contributed by atoms with van der Waals surface area (Å²) in [5.74, 6) is 0.865. The van der Waals surface area contributed by atoms with Gasteiger partial charge >= 0.3 is 6.16 Å². The number of rotatable bonds is 5. The average molecular weight is 251 g/mol. The van der Waals surface area contributed by atoms with Crippen molar-refractivity contribution in [2.45, 2.75) is 51.9 Å². The molecule has 1 aliphatic carbocycles. The number of ether oxygens (including phenoxy) is 2. The molecule has 1 rings (SSSR count). The molecule has 3 nitrogen and oxygen atoms in total. The molecule has 0 N–H and O–H groups in total. The smallest absolute Gasteiger partial charge is 0.435 e. The fraction of sp³-hybridized carbons (Fsp3) is 0.917. The Bertz CT molecular complexity index is 179. The van der Waals surface area contributed by atoms with E-state index in [2.05, 4.69) is 4.74 Å². The van der Waals surface area contributed by atoms with Gasteiger partial charge in [-0.25, -0.2) is 4.79 Å². The highest BCUT2D eigenvalue weighted by atomic mass is 35.5. The SMILES string of the molecule is CCOC(=O)OCCCC1CCCCC1.Cl. The first-order chi connectivity index (χ1) is 7.33. The molecule has 0 heterocycles. The lowest BCUT2D eigenvalue weighted by atomic mass is 9.86. The van der Waals surface area contributed by atoms with Gasteiger partial charge < -0.3 is 9.47 Å². The topological polar surface area (TPSA) is 35.5 Å². The molecule has 0 aromatic carbocycles. The second-order valence-corrected chi connectivity index (χ2v) is 4.18. The Labute approximate surface area is 104 Å². The van der Waals surface area contributed by atoms with Crippen LogP contribution < -0.4 is 0 Å². The van der Waals surface area contributed by atoms with Crippen LogP contribution >= 0.6 is 12.4 Å². The lowest BCUT2D eigenvalue weighted by molar-refractivity contribution is 0.0567. The minimum Gasteiger partial charge on any atom is -0.435 e. The molecular weight excluding hydrogens is 228 g/mol. The Morgan fingerprint density at radius 2 is 1.88 bits per heavy atom. The highest BCUT2D eigenvalue weighted by Crippen LogP contribution is 2.27. The first-order valence-electron chi connectivity index (χ1n) is 6.12. The minimum absolute atomic E-state index is 0. The van der Waals surface area contributed by atoms with Gasteiger partial charge in [0.05, 0.1) is 13.2 Å². The van der Waals surface area contributed by atoms with E-state index < -0.39 is 6.16 Å².